The molecule has 0 radical (unpaired) electrons. The fourth-order valence-corrected chi connectivity index (χ4v) is 4.22. The zero-order valence-electron chi connectivity index (χ0n) is 12.4. The maximum absolute atomic E-state index is 13.0. The van der Waals surface area contributed by atoms with Crippen molar-refractivity contribution in [2.75, 3.05) is 5.32 Å². The van der Waals surface area contributed by atoms with Crippen LogP contribution < -0.4 is 5.32 Å². The molecule has 0 aliphatic heterocycles. The van der Waals surface area contributed by atoms with Crippen LogP contribution in [0.3, 0.4) is 0 Å². The molecule has 1 aliphatic carbocycles. The maximum atomic E-state index is 13.0. The summed E-state index contributed by atoms with van der Waals surface area (Å²) in [5.74, 6) is -0.503. The topological polar surface area (TPSA) is 63.2 Å². The number of ketones is 2. The smallest absolute Gasteiger partial charge is 0.221 e. The number of Topliss-reactive ketones (excluding diaryl/α,β-unsaturated/α-hetero) is 1. The van der Waals surface area contributed by atoms with E-state index < -0.39 is 0 Å². The molecular weight excluding hydrogens is 334 g/mol. The zero-order chi connectivity index (χ0) is 16.6. The summed E-state index contributed by atoms with van der Waals surface area (Å²) in [7, 11) is 0. The summed E-state index contributed by atoms with van der Waals surface area (Å²) in [6.07, 6.45) is 1.85. The molecule has 1 amide bonds. The lowest BCUT2D eigenvalue weighted by molar-refractivity contribution is -0.114. The Balaban J connectivity index is 2.17. The highest BCUT2D eigenvalue weighted by Crippen LogP contribution is 2.39. The Morgan fingerprint density at radius 3 is 2.65 bits per heavy atom. The van der Waals surface area contributed by atoms with Gasteiger partial charge in [0, 0.05) is 18.9 Å². The van der Waals surface area contributed by atoms with Crippen LogP contribution in [0.2, 0.25) is 5.02 Å². The molecule has 1 aliphatic rings. The number of carbonyl (C=O) groups excluding carboxylic acids is 3. The van der Waals surface area contributed by atoms with Gasteiger partial charge in [-0.1, -0.05) is 23.7 Å². The summed E-state index contributed by atoms with van der Waals surface area (Å²) in [5.41, 5.74) is 1.51. The van der Waals surface area contributed by atoms with Crippen LogP contribution in [0, 0.1) is 0 Å². The van der Waals surface area contributed by atoms with E-state index in [0.717, 1.165) is 5.56 Å². The number of rotatable bonds is 3. The highest BCUT2D eigenvalue weighted by atomic mass is 35.5. The van der Waals surface area contributed by atoms with E-state index in [1.165, 1.54) is 18.3 Å². The minimum Gasteiger partial charge on any atom is -0.317 e. The first kappa shape index (κ1) is 15.9. The monoisotopic (exact) mass is 347 g/mol. The Labute approximate surface area is 142 Å². The van der Waals surface area contributed by atoms with Crippen LogP contribution in [-0.2, 0) is 11.2 Å². The van der Waals surface area contributed by atoms with Gasteiger partial charge in [-0.15, -0.1) is 11.3 Å². The largest absolute Gasteiger partial charge is 0.317 e. The van der Waals surface area contributed by atoms with Crippen molar-refractivity contribution in [2.45, 2.75) is 26.2 Å². The normalized spacial score (nSPS) is 13.6. The number of hydrogen-bond donors (Lipinski definition) is 1. The fourth-order valence-electron chi connectivity index (χ4n) is 2.74. The van der Waals surface area contributed by atoms with Gasteiger partial charge < -0.3 is 5.32 Å². The van der Waals surface area contributed by atoms with E-state index in [1.807, 2.05) is 0 Å². The highest BCUT2D eigenvalue weighted by molar-refractivity contribution is 7.18. The lowest BCUT2D eigenvalue weighted by Crippen LogP contribution is -2.14. The van der Waals surface area contributed by atoms with Crippen molar-refractivity contribution < 1.29 is 14.4 Å². The highest BCUT2D eigenvalue weighted by Gasteiger charge is 2.30. The molecule has 1 aromatic carbocycles. The van der Waals surface area contributed by atoms with Crippen LogP contribution in [0.25, 0.3) is 0 Å². The predicted octanol–water partition coefficient (Wildman–Crippen LogP) is 4.11. The average molecular weight is 348 g/mol. The van der Waals surface area contributed by atoms with E-state index in [4.69, 9.17) is 11.6 Å². The van der Waals surface area contributed by atoms with Crippen molar-refractivity contribution in [2.24, 2.45) is 0 Å². The summed E-state index contributed by atoms with van der Waals surface area (Å²) in [5, 5.41) is 3.47. The molecule has 0 atom stereocenters. The van der Waals surface area contributed by atoms with E-state index in [0.29, 0.717) is 45.3 Å². The van der Waals surface area contributed by atoms with Gasteiger partial charge in [-0.05, 0) is 30.5 Å². The van der Waals surface area contributed by atoms with Crippen molar-refractivity contribution in [1.82, 2.24) is 0 Å². The number of hydrogen-bond acceptors (Lipinski definition) is 4. The van der Waals surface area contributed by atoms with Crippen molar-refractivity contribution in [3.8, 4) is 0 Å². The Bertz CT molecular complexity index is 825. The third kappa shape index (κ3) is 2.94. The molecule has 1 N–H and O–H groups in total. The number of benzene rings is 1. The van der Waals surface area contributed by atoms with Gasteiger partial charge in [0.25, 0.3) is 0 Å². The van der Waals surface area contributed by atoms with Gasteiger partial charge in [0.2, 0.25) is 5.91 Å². The molecule has 4 nitrogen and oxygen atoms in total. The average Bonchev–Trinajstić information content (AvgIpc) is 2.86. The molecular formula is C17H14ClNO3S. The third-order valence-electron chi connectivity index (χ3n) is 3.73. The van der Waals surface area contributed by atoms with Crippen LogP contribution in [0.5, 0.6) is 0 Å². The standard InChI is InChI=1S/C17H14ClNO3S/c1-9(20)19-17-14(11-6-4-8-13(21)16(11)23-17)15(22)10-5-2-3-7-12(10)18/h2-3,5,7H,4,6,8H2,1H3,(H,19,20). The first-order chi connectivity index (χ1) is 11.0. The lowest BCUT2D eigenvalue weighted by Gasteiger charge is -2.12. The van der Waals surface area contributed by atoms with Crippen molar-refractivity contribution in [3.05, 3.63) is 50.9 Å². The summed E-state index contributed by atoms with van der Waals surface area (Å²) in [6, 6.07) is 6.79. The Morgan fingerprint density at radius 1 is 1.22 bits per heavy atom. The minimum absolute atomic E-state index is 0.0288. The second kappa shape index (κ2) is 6.26. The quantitative estimate of drug-likeness (QED) is 0.850. The number of anilines is 1. The Kier molecular flexibility index (Phi) is 4.33. The maximum Gasteiger partial charge on any atom is 0.221 e. The molecule has 23 heavy (non-hydrogen) atoms. The van der Waals surface area contributed by atoms with Crippen LogP contribution in [0.15, 0.2) is 24.3 Å². The van der Waals surface area contributed by atoms with Crippen LogP contribution in [0.4, 0.5) is 5.00 Å². The molecule has 118 valence electrons. The van der Waals surface area contributed by atoms with Crippen molar-refractivity contribution in [3.63, 3.8) is 0 Å². The molecule has 1 aromatic heterocycles. The lowest BCUT2D eigenvalue weighted by atomic mass is 9.91. The van der Waals surface area contributed by atoms with Crippen LogP contribution in [-0.4, -0.2) is 17.5 Å². The van der Waals surface area contributed by atoms with Gasteiger partial charge in [-0.3, -0.25) is 14.4 Å². The molecule has 3 rings (SSSR count). The summed E-state index contributed by atoms with van der Waals surface area (Å²) >= 11 is 7.32. The Hall–Kier alpha value is -1.98. The molecule has 0 fully saturated rings. The van der Waals surface area contributed by atoms with Gasteiger partial charge in [0.15, 0.2) is 11.6 Å². The second-order valence-corrected chi connectivity index (χ2v) is 6.81. The van der Waals surface area contributed by atoms with Crippen molar-refractivity contribution >= 4 is 45.4 Å². The van der Waals surface area contributed by atoms with Gasteiger partial charge >= 0.3 is 0 Å². The van der Waals surface area contributed by atoms with Crippen molar-refractivity contribution in [1.29, 1.82) is 0 Å². The van der Waals surface area contributed by atoms with Gasteiger partial charge in [0.05, 0.1) is 15.5 Å². The number of nitrogens with one attached hydrogen (secondary N) is 1. The summed E-state index contributed by atoms with van der Waals surface area (Å²) in [4.78, 5) is 37.1. The second-order valence-electron chi connectivity index (χ2n) is 5.38. The van der Waals surface area contributed by atoms with Gasteiger partial charge in [0.1, 0.15) is 5.00 Å². The molecule has 6 heteroatoms. The van der Waals surface area contributed by atoms with E-state index in [2.05, 4.69) is 5.32 Å². The third-order valence-corrected chi connectivity index (χ3v) is 5.24. The molecule has 2 aromatic rings. The van der Waals surface area contributed by atoms with Crippen LogP contribution in [0.1, 0.15) is 50.9 Å². The zero-order valence-corrected chi connectivity index (χ0v) is 14.0. The minimum atomic E-state index is -0.274. The van der Waals surface area contributed by atoms with E-state index >= 15 is 0 Å². The van der Waals surface area contributed by atoms with E-state index in [9.17, 15) is 14.4 Å². The first-order valence-electron chi connectivity index (χ1n) is 7.24. The molecule has 0 saturated heterocycles. The number of halogens is 1. The molecule has 0 bridgehead atoms. The molecule has 1 heterocycles. The molecule has 0 spiro atoms. The van der Waals surface area contributed by atoms with E-state index in [-0.39, 0.29) is 17.5 Å². The van der Waals surface area contributed by atoms with Gasteiger partial charge in [-0.25, -0.2) is 0 Å². The molecule has 0 unspecified atom stereocenters. The Morgan fingerprint density at radius 2 is 1.96 bits per heavy atom. The number of carbonyl (C=O) groups is 3. The van der Waals surface area contributed by atoms with Gasteiger partial charge in [-0.2, -0.15) is 0 Å². The number of fused-ring (bicyclic) bond motifs is 1. The number of thiophene rings is 1. The predicted molar refractivity (Wildman–Crippen MR) is 90.8 cm³/mol. The summed E-state index contributed by atoms with van der Waals surface area (Å²) < 4.78 is 0. The molecule has 0 saturated carbocycles. The first-order valence-corrected chi connectivity index (χ1v) is 8.44. The number of amides is 1. The fraction of sp³-hybridized carbons (Fsp3) is 0.235. The SMILES string of the molecule is CC(=O)Nc1sc2c(c1C(=O)c1ccccc1Cl)CCCC2=O. The van der Waals surface area contributed by atoms with Crippen LogP contribution >= 0.6 is 22.9 Å². The van der Waals surface area contributed by atoms with E-state index in [1.54, 1.807) is 24.3 Å². The summed E-state index contributed by atoms with van der Waals surface area (Å²) in [6.45, 7) is 1.38.